The summed E-state index contributed by atoms with van der Waals surface area (Å²) in [5.41, 5.74) is 5.71. The van der Waals surface area contributed by atoms with Crippen LogP contribution in [0.1, 0.15) is 21.6 Å². The van der Waals surface area contributed by atoms with Gasteiger partial charge in [-0.05, 0) is 73.5 Å². The van der Waals surface area contributed by atoms with Crippen LogP contribution < -0.4 is 16.1 Å². The first-order valence-corrected chi connectivity index (χ1v) is 11.5. The van der Waals surface area contributed by atoms with Crippen LogP contribution in [0.3, 0.4) is 0 Å². The van der Waals surface area contributed by atoms with E-state index in [4.69, 9.17) is 34.8 Å². The molecule has 0 unspecified atom stereocenters. The van der Waals surface area contributed by atoms with Crippen molar-refractivity contribution in [3.8, 4) is 0 Å². The van der Waals surface area contributed by atoms with Crippen LogP contribution in [0.15, 0.2) is 60.7 Å². The van der Waals surface area contributed by atoms with Crippen LogP contribution in [0, 0.1) is 13.8 Å². The number of rotatable bonds is 4. The van der Waals surface area contributed by atoms with Crippen LogP contribution in [-0.4, -0.2) is 22.4 Å². The van der Waals surface area contributed by atoms with Crippen molar-refractivity contribution in [2.75, 3.05) is 16.1 Å². The lowest BCUT2D eigenvalue weighted by Crippen LogP contribution is -2.36. The van der Waals surface area contributed by atoms with Crippen LogP contribution in [0.2, 0.25) is 15.1 Å². The maximum absolute atomic E-state index is 13.1. The molecule has 4 rings (SSSR count). The molecule has 3 N–H and O–H groups in total. The molecule has 0 atom stereocenters. The van der Waals surface area contributed by atoms with E-state index in [1.807, 2.05) is 26.0 Å². The molecule has 4 aromatic rings. The molecule has 0 saturated heterocycles. The number of hydrogen-bond donors (Lipinski definition) is 3. The van der Waals surface area contributed by atoms with Gasteiger partial charge in [-0.25, -0.2) is 4.68 Å². The maximum atomic E-state index is 13.1. The van der Waals surface area contributed by atoms with Gasteiger partial charge in [0.15, 0.2) is 0 Å². The summed E-state index contributed by atoms with van der Waals surface area (Å²) in [6.07, 6.45) is 0. The second kappa shape index (κ2) is 10.00. The zero-order valence-corrected chi connectivity index (χ0v) is 20.8. The molecule has 7 nitrogen and oxygen atoms in total. The van der Waals surface area contributed by atoms with Crippen molar-refractivity contribution in [3.63, 3.8) is 0 Å². The van der Waals surface area contributed by atoms with E-state index >= 15 is 0 Å². The minimum Gasteiger partial charge on any atom is -0.321 e. The third-order valence-electron chi connectivity index (χ3n) is 5.23. The van der Waals surface area contributed by atoms with E-state index in [2.05, 4.69) is 16.1 Å². The van der Waals surface area contributed by atoms with E-state index in [9.17, 15) is 14.4 Å². The fourth-order valence-corrected chi connectivity index (χ4v) is 3.92. The quantitative estimate of drug-likeness (QED) is 0.276. The zero-order chi connectivity index (χ0) is 25.3. The van der Waals surface area contributed by atoms with Gasteiger partial charge >= 0.3 is 11.8 Å². The summed E-state index contributed by atoms with van der Waals surface area (Å²) in [5.74, 6) is -2.39. The lowest BCUT2D eigenvalue weighted by molar-refractivity contribution is -0.133. The van der Waals surface area contributed by atoms with Crippen molar-refractivity contribution in [3.05, 3.63) is 92.6 Å². The van der Waals surface area contributed by atoms with E-state index in [1.165, 1.54) is 10.7 Å². The highest BCUT2D eigenvalue weighted by atomic mass is 35.5. The van der Waals surface area contributed by atoms with Gasteiger partial charge in [0.2, 0.25) is 0 Å². The highest BCUT2D eigenvalue weighted by Crippen LogP contribution is 2.27. The van der Waals surface area contributed by atoms with Gasteiger partial charge in [-0.3, -0.25) is 19.8 Å². The molecule has 0 bridgehead atoms. The Hall–Kier alpha value is -3.52. The van der Waals surface area contributed by atoms with Crippen molar-refractivity contribution in [2.24, 2.45) is 0 Å². The molecule has 1 aromatic heterocycles. The highest BCUT2D eigenvalue weighted by molar-refractivity contribution is 6.43. The number of hydrogen-bond acceptors (Lipinski definition) is 3. The molecule has 0 spiro atoms. The molecule has 0 radical (unpaired) electrons. The summed E-state index contributed by atoms with van der Waals surface area (Å²) in [6, 6.07) is 16.6. The number of nitrogens with one attached hydrogen (secondary N) is 3. The zero-order valence-electron chi connectivity index (χ0n) is 18.6. The Bertz CT molecular complexity index is 1500. The first-order valence-electron chi connectivity index (χ1n) is 10.4. The fraction of sp³-hybridized carbons (Fsp3) is 0.0800. The Morgan fingerprint density at radius 2 is 1.54 bits per heavy atom. The molecule has 0 fully saturated rings. The molecular weight excluding hydrogens is 511 g/mol. The van der Waals surface area contributed by atoms with Crippen molar-refractivity contribution in [2.45, 2.75) is 13.8 Å². The van der Waals surface area contributed by atoms with E-state index < -0.39 is 17.7 Å². The minimum atomic E-state index is -0.957. The topological polar surface area (TPSA) is 92.2 Å². The monoisotopic (exact) mass is 528 g/mol. The smallest absolute Gasteiger partial charge is 0.321 e. The SMILES string of the molecule is Cc1ccc(C)c(NC(=O)C(=O)Nn2c(C(=O)Nc3ccc(Cl)c(Cl)c3)cc3cc(Cl)ccc32)c1. The second-order valence-corrected chi connectivity index (χ2v) is 9.12. The predicted molar refractivity (Wildman–Crippen MR) is 140 cm³/mol. The molecule has 3 amide bonds. The average Bonchev–Trinajstić information content (AvgIpc) is 3.16. The van der Waals surface area contributed by atoms with Crippen molar-refractivity contribution < 1.29 is 14.4 Å². The normalized spacial score (nSPS) is 10.8. The number of amides is 3. The van der Waals surface area contributed by atoms with Gasteiger partial charge < -0.3 is 10.6 Å². The lowest BCUT2D eigenvalue weighted by Gasteiger charge is -2.14. The minimum absolute atomic E-state index is 0.0706. The van der Waals surface area contributed by atoms with E-state index in [-0.39, 0.29) is 10.7 Å². The van der Waals surface area contributed by atoms with Gasteiger partial charge in [0.05, 0.1) is 15.6 Å². The Balaban J connectivity index is 1.64. The molecule has 1 heterocycles. The van der Waals surface area contributed by atoms with Gasteiger partial charge in [0, 0.05) is 21.8 Å². The van der Waals surface area contributed by atoms with Gasteiger partial charge in [-0.1, -0.05) is 46.9 Å². The van der Waals surface area contributed by atoms with Crippen molar-refractivity contribution in [1.29, 1.82) is 0 Å². The Morgan fingerprint density at radius 3 is 2.29 bits per heavy atom. The standard InChI is InChI=1S/C25H19Cl3N4O3/c1-13-3-4-14(2)20(9-13)30-24(34)25(35)31-32-21-8-5-16(26)10-15(21)11-22(32)23(33)29-17-6-7-18(27)19(28)12-17/h3-12H,1-2H3,(H,29,33)(H,30,34)(H,31,35). The van der Waals surface area contributed by atoms with Crippen LogP contribution in [0.25, 0.3) is 10.9 Å². The Labute approximate surface area is 215 Å². The van der Waals surface area contributed by atoms with Crippen LogP contribution in [-0.2, 0) is 9.59 Å². The van der Waals surface area contributed by atoms with Crippen LogP contribution >= 0.6 is 34.8 Å². The Morgan fingerprint density at radius 1 is 0.771 bits per heavy atom. The lowest BCUT2D eigenvalue weighted by atomic mass is 10.1. The second-order valence-electron chi connectivity index (χ2n) is 7.86. The molecule has 0 aliphatic rings. The fourth-order valence-electron chi connectivity index (χ4n) is 3.44. The van der Waals surface area contributed by atoms with E-state index in [1.54, 1.807) is 42.5 Å². The third kappa shape index (κ3) is 5.43. The molecule has 0 aliphatic carbocycles. The number of carbonyl (C=O) groups excluding carboxylic acids is 3. The number of anilines is 2. The largest absolute Gasteiger partial charge is 0.328 e. The Kier molecular flexibility index (Phi) is 7.03. The first-order chi connectivity index (χ1) is 16.6. The average molecular weight is 530 g/mol. The van der Waals surface area contributed by atoms with Crippen LogP contribution in [0.4, 0.5) is 11.4 Å². The van der Waals surface area contributed by atoms with Crippen LogP contribution in [0.5, 0.6) is 0 Å². The molecule has 0 saturated carbocycles. The third-order valence-corrected chi connectivity index (χ3v) is 6.21. The summed E-state index contributed by atoms with van der Waals surface area (Å²) in [5, 5.41) is 6.97. The highest BCUT2D eigenvalue weighted by Gasteiger charge is 2.22. The predicted octanol–water partition coefficient (Wildman–Crippen LogP) is 6.18. The summed E-state index contributed by atoms with van der Waals surface area (Å²) < 4.78 is 1.24. The molecule has 3 aromatic carbocycles. The molecule has 0 aliphatic heterocycles. The van der Waals surface area contributed by atoms with Gasteiger partial charge in [0.1, 0.15) is 5.69 Å². The van der Waals surface area contributed by atoms with Crippen molar-refractivity contribution >= 4 is 74.8 Å². The summed E-state index contributed by atoms with van der Waals surface area (Å²) in [4.78, 5) is 38.6. The summed E-state index contributed by atoms with van der Waals surface area (Å²) in [7, 11) is 0. The number of nitrogens with zero attached hydrogens (tertiary/aromatic N) is 1. The van der Waals surface area contributed by atoms with E-state index in [0.29, 0.717) is 32.3 Å². The number of fused-ring (bicyclic) bond motifs is 1. The van der Waals surface area contributed by atoms with Gasteiger partial charge in [-0.15, -0.1) is 0 Å². The number of aromatic nitrogens is 1. The summed E-state index contributed by atoms with van der Waals surface area (Å²) in [6.45, 7) is 3.70. The molecule has 10 heteroatoms. The number of benzene rings is 3. The molecular formula is C25H19Cl3N4O3. The summed E-state index contributed by atoms with van der Waals surface area (Å²) >= 11 is 18.1. The van der Waals surface area contributed by atoms with E-state index in [0.717, 1.165) is 11.1 Å². The molecule has 35 heavy (non-hydrogen) atoms. The molecule has 178 valence electrons. The number of aryl methyl sites for hydroxylation is 2. The van der Waals surface area contributed by atoms with Crippen molar-refractivity contribution in [1.82, 2.24) is 4.68 Å². The first kappa shape index (κ1) is 24.6. The van der Waals surface area contributed by atoms with Gasteiger partial charge in [0.25, 0.3) is 5.91 Å². The van der Waals surface area contributed by atoms with Gasteiger partial charge in [-0.2, -0.15) is 0 Å². The maximum Gasteiger partial charge on any atom is 0.328 e. The number of carbonyl (C=O) groups is 3. The number of halogens is 3.